The van der Waals surface area contributed by atoms with E-state index in [1.54, 1.807) is 0 Å². The number of hydrogen-bond donors (Lipinski definition) is 0. The minimum atomic E-state index is -0.852. The molecule has 0 heterocycles. The van der Waals surface area contributed by atoms with Crippen LogP contribution < -0.4 is 0 Å². The summed E-state index contributed by atoms with van der Waals surface area (Å²) in [7, 11) is 0. The third kappa shape index (κ3) is 9.18. The molecule has 0 unspecified atom stereocenters. The van der Waals surface area contributed by atoms with Gasteiger partial charge in [-0.25, -0.2) is 0 Å². The fourth-order valence-corrected chi connectivity index (χ4v) is 6.06. The highest BCUT2D eigenvalue weighted by Gasteiger charge is 2.38. The zero-order valence-corrected chi connectivity index (χ0v) is 30.3. The van der Waals surface area contributed by atoms with Crippen LogP contribution in [0.25, 0.3) is 0 Å². The predicted octanol–water partition coefficient (Wildman–Crippen LogP) is 9.81. The molecule has 0 saturated heterocycles. The Labute approximate surface area is 311 Å². The van der Waals surface area contributed by atoms with E-state index in [9.17, 15) is 33.6 Å². The van der Waals surface area contributed by atoms with Crippen molar-refractivity contribution >= 4 is 40.5 Å². The van der Waals surface area contributed by atoms with Crippen molar-refractivity contribution in [2.24, 2.45) is 0 Å². The van der Waals surface area contributed by atoms with E-state index in [4.69, 9.17) is 0 Å². The molecule has 5 rings (SSSR count). The van der Waals surface area contributed by atoms with Crippen LogP contribution in [0.2, 0.25) is 0 Å². The fraction of sp³-hybridized carbons (Fsp3) is 0.196. The molecule has 5 aromatic carbocycles. The summed E-state index contributed by atoms with van der Waals surface area (Å²) >= 11 is 0. The standard InChI is InChI=1S/C33H28O4.C12H12O3.CH4/c1-21(34)25-5-13-29(14-6-25)33(30-15-7-26(8-16-30)22(2)35,31-17-9-27(10-18-31)23(3)36)32-19-11-28(12-20-32)24(4)37;1-7(13)10-4-11(8(2)14)6-12(5-10)9(3)15;/h5-20H,1-4H3;4-6H,1-3H3;1H4. The molecule has 0 aliphatic carbocycles. The lowest BCUT2D eigenvalue weighted by molar-refractivity contribution is 0.0996. The van der Waals surface area contributed by atoms with Gasteiger partial charge in [-0.05, 0) is 88.9 Å². The first-order valence-corrected chi connectivity index (χ1v) is 16.7. The third-order valence-electron chi connectivity index (χ3n) is 9.05. The van der Waals surface area contributed by atoms with Crippen LogP contribution in [0.1, 0.15) is 151 Å². The van der Waals surface area contributed by atoms with Crippen molar-refractivity contribution in [1.29, 1.82) is 0 Å². The lowest BCUT2D eigenvalue weighted by Gasteiger charge is -2.37. The summed E-state index contributed by atoms with van der Waals surface area (Å²) in [6, 6.07) is 34.5. The smallest absolute Gasteiger partial charge is 0.159 e. The molecule has 0 saturated carbocycles. The van der Waals surface area contributed by atoms with Crippen LogP contribution in [-0.2, 0) is 5.41 Å². The van der Waals surface area contributed by atoms with Crippen molar-refractivity contribution in [2.45, 2.75) is 61.3 Å². The molecular weight excluding hydrogens is 664 g/mol. The molecule has 53 heavy (non-hydrogen) atoms. The molecule has 0 N–H and O–H groups in total. The molecule has 0 amide bonds. The van der Waals surface area contributed by atoms with Gasteiger partial charge in [0.15, 0.2) is 40.5 Å². The molecule has 5 aromatic rings. The molecule has 7 nitrogen and oxygen atoms in total. The summed E-state index contributed by atoms with van der Waals surface area (Å²) in [5.41, 5.74) is 6.35. The normalized spacial score (nSPS) is 10.5. The van der Waals surface area contributed by atoms with E-state index in [0.717, 1.165) is 22.3 Å². The molecule has 0 spiro atoms. The average Bonchev–Trinajstić information content (AvgIpc) is 3.12. The highest BCUT2D eigenvalue weighted by Crippen LogP contribution is 2.45. The average molecular weight is 709 g/mol. The molecule has 0 bridgehead atoms. The Bertz CT molecular complexity index is 1870. The van der Waals surface area contributed by atoms with E-state index in [1.165, 1.54) is 66.7 Å². The molecule has 7 heteroatoms. The van der Waals surface area contributed by atoms with Crippen molar-refractivity contribution in [3.8, 4) is 0 Å². The maximum Gasteiger partial charge on any atom is 0.159 e. The molecule has 0 aromatic heterocycles. The Hall–Kier alpha value is -6.21. The largest absolute Gasteiger partial charge is 0.295 e. The number of ketones is 7. The lowest BCUT2D eigenvalue weighted by atomic mass is 9.64. The Morgan fingerprint density at radius 3 is 0.566 bits per heavy atom. The van der Waals surface area contributed by atoms with Crippen LogP contribution in [0.5, 0.6) is 0 Å². The summed E-state index contributed by atoms with van der Waals surface area (Å²) < 4.78 is 0. The van der Waals surface area contributed by atoms with Gasteiger partial charge in [-0.1, -0.05) is 104 Å². The summed E-state index contributed by atoms with van der Waals surface area (Å²) in [5.74, 6) is -0.569. The van der Waals surface area contributed by atoms with Crippen LogP contribution in [0.15, 0.2) is 115 Å². The topological polar surface area (TPSA) is 119 Å². The van der Waals surface area contributed by atoms with Crippen LogP contribution in [-0.4, -0.2) is 40.5 Å². The van der Waals surface area contributed by atoms with Crippen LogP contribution in [0, 0.1) is 0 Å². The Morgan fingerprint density at radius 1 is 0.283 bits per heavy atom. The summed E-state index contributed by atoms with van der Waals surface area (Å²) in [5, 5.41) is 0. The number of carbonyl (C=O) groups excluding carboxylic acids is 7. The number of Topliss-reactive ketones (excluding diaryl/α,β-unsaturated/α-hetero) is 7. The minimum Gasteiger partial charge on any atom is -0.295 e. The number of rotatable bonds is 11. The molecular formula is C46H44O7. The zero-order valence-electron chi connectivity index (χ0n) is 30.3. The first kappa shape index (κ1) is 41.2. The Morgan fingerprint density at radius 2 is 0.434 bits per heavy atom. The second kappa shape index (κ2) is 17.3. The summed E-state index contributed by atoms with van der Waals surface area (Å²) in [6.07, 6.45) is 0. The summed E-state index contributed by atoms with van der Waals surface area (Å²) in [4.78, 5) is 81.6. The fourth-order valence-electron chi connectivity index (χ4n) is 6.06. The van der Waals surface area contributed by atoms with Gasteiger partial charge in [0.25, 0.3) is 0 Å². The van der Waals surface area contributed by atoms with E-state index in [0.29, 0.717) is 38.9 Å². The molecule has 270 valence electrons. The van der Waals surface area contributed by atoms with Gasteiger partial charge in [0.1, 0.15) is 0 Å². The second-order valence-corrected chi connectivity index (χ2v) is 12.8. The third-order valence-corrected chi connectivity index (χ3v) is 9.05. The number of carbonyl (C=O) groups is 7. The van der Waals surface area contributed by atoms with Crippen molar-refractivity contribution in [3.05, 3.63) is 176 Å². The highest BCUT2D eigenvalue weighted by molar-refractivity contribution is 6.04. The summed E-state index contributed by atoms with van der Waals surface area (Å²) in [6.45, 7) is 10.3. The molecule has 0 fully saturated rings. The van der Waals surface area contributed by atoms with Crippen molar-refractivity contribution in [1.82, 2.24) is 0 Å². The number of benzene rings is 5. The van der Waals surface area contributed by atoms with E-state index < -0.39 is 5.41 Å². The van der Waals surface area contributed by atoms with Gasteiger partial charge in [-0.3, -0.25) is 33.6 Å². The maximum atomic E-state index is 12.0. The first-order chi connectivity index (χ1) is 24.6. The van der Waals surface area contributed by atoms with Crippen molar-refractivity contribution < 1.29 is 33.6 Å². The maximum absolute atomic E-state index is 12.0. The molecule has 0 atom stereocenters. The van der Waals surface area contributed by atoms with Gasteiger partial charge in [0.05, 0.1) is 5.41 Å². The van der Waals surface area contributed by atoms with E-state index in [2.05, 4.69) is 0 Å². The minimum absolute atomic E-state index is 0. The zero-order chi connectivity index (χ0) is 38.3. The van der Waals surface area contributed by atoms with Gasteiger partial charge >= 0.3 is 0 Å². The molecule has 0 radical (unpaired) electrons. The highest BCUT2D eigenvalue weighted by atomic mass is 16.1. The van der Waals surface area contributed by atoms with E-state index in [-0.39, 0.29) is 47.9 Å². The van der Waals surface area contributed by atoms with Gasteiger partial charge in [0, 0.05) is 38.9 Å². The van der Waals surface area contributed by atoms with Crippen molar-refractivity contribution in [2.75, 3.05) is 0 Å². The molecule has 0 aliphatic rings. The van der Waals surface area contributed by atoms with Crippen LogP contribution in [0.4, 0.5) is 0 Å². The van der Waals surface area contributed by atoms with Gasteiger partial charge < -0.3 is 0 Å². The van der Waals surface area contributed by atoms with Crippen LogP contribution in [0.3, 0.4) is 0 Å². The lowest BCUT2D eigenvalue weighted by Crippen LogP contribution is -2.31. The van der Waals surface area contributed by atoms with E-state index >= 15 is 0 Å². The van der Waals surface area contributed by atoms with Crippen LogP contribution >= 0.6 is 0 Å². The van der Waals surface area contributed by atoms with Crippen molar-refractivity contribution in [3.63, 3.8) is 0 Å². The second-order valence-electron chi connectivity index (χ2n) is 12.8. The predicted molar refractivity (Wildman–Crippen MR) is 208 cm³/mol. The van der Waals surface area contributed by atoms with Gasteiger partial charge in [0.2, 0.25) is 0 Å². The van der Waals surface area contributed by atoms with E-state index in [1.807, 2.05) is 97.1 Å². The Balaban J connectivity index is 0.000000398. The monoisotopic (exact) mass is 708 g/mol. The Kier molecular flexibility index (Phi) is 13.5. The first-order valence-electron chi connectivity index (χ1n) is 16.7. The van der Waals surface area contributed by atoms with Gasteiger partial charge in [-0.2, -0.15) is 0 Å². The quantitative estimate of drug-likeness (QED) is 0.0990. The molecule has 0 aliphatic heterocycles. The number of hydrogen-bond acceptors (Lipinski definition) is 7. The van der Waals surface area contributed by atoms with Gasteiger partial charge in [-0.15, -0.1) is 0 Å². The SMILES string of the molecule is C.CC(=O)c1cc(C(C)=O)cc(C(C)=O)c1.CC(=O)c1ccc(C(c2ccc(C(C)=O)cc2)(c2ccc(C(C)=O)cc2)c2ccc(C(C)=O)cc2)cc1.